The summed E-state index contributed by atoms with van der Waals surface area (Å²) in [4.78, 5) is 6.45. The van der Waals surface area contributed by atoms with E-state index in [1.165, 1.54) is 17.8 Å². The summed E-state index contributed by atoms with van der Waals surface area (Å²) in [6, 6.07) is 17.0. The van der Waals surface area contributed by atoms with E-state index in [9.17, 15) is 4.39 Å². The Kier molecular flexibility index (Phi) is 6.61. The van der Waals surface area contributed by atoms with Crippen molar-refractivity contribution < 1.29 is 4.39 Å². The summed E-state index contributed by atoms with van der Waals surface area (Å²) < 4.78 is 12.9. The molecule has 0 aliphatic rings. The van der Waals surface area contributed by atoms with Gasteiger partial charge in [-0.05, 0) is 36.8 Å². The van der Waals surface area contributed by atoms with Gasteiger partial charge in [0, 0.05) is 38.9 Å². The quantitative estimate of drug-likeness (QED) is 0.632. The molecule has 0 amide bonds. The highest BCUT2D eigenvalue weighted by Gasteiger charge is 2.10. The molecule has 2 rings (SSSR count). The lowest BCUT2D eigenvalue weighted by Crippen LogP contribution is -2.44. The van der Waals surface area contributed by atoms with Gasteiger partial charge in [0.1, 0.15) is 5.82 Å². The van der Waals surface area contributed by atoms with Crippen molar-refractivity contribution in [3.63, 3.8) is 0 Å². The van der Waals surface area contributed by atoms with Crippen LogP contribution in [0, 0.1) is 5.82 Å². The van der Waals surface area contributed by atoms with Gasteiger partial charge in [-0.25, -0.2) is 4.39 Å². The van der Waals surface area contributed by atoms with Gasteiger partial charge in [-0.15, -0.1) is 0 Å². The Balaban J connectivity index is 1.81. The van der Waals surface area contributed by atoms with E-state index >= 15 is 0 Å². The minimum Gasteiger partial charge on any atom is -0.370 e. The van der Waals surface area contributed by atoms with E-state index in [4.69, 9.17) is 0 Å². The molecule has 2 N–H and O–H groups in total. The first-order chi connectivity index (χ1) is 11.6. The van der Waals surface area contributed by atoms with E-state index in [2.05, 4.69) is 46.6 Å². The van der Waals surface area contributed by atoms with Crippen LogP contribution in [-0.2, 0) is 6.54 Å². The first kappa shape index (κ1) is 17.8. The summed E-state index contributed by atoms with van der Waals surface area (Å²) in [5.41, 5.74) is 2.19. The van der Waals surface area contributed by atoms with Crippen molar-refractivity contribution in [1.29, 1.82) is 0 Å². The highest BCUT2D eigenvalue weighted by atomic mass is 19.1. The molecule has 0 fully saturated rings. The Morgan fingerprint density at radius 2 is 1.75 bits per heavy atom. The summed E-state index contributed by atoms with van der Waals surface area (Å²) in [7, 11) is 3.82. The first-order valence-corrected chi connectivity index (χ1v) is 8.07. The lowest BCUT2D eigenvalue weighted by Gasteiger charge is -2.27. The third-order valence-corrected chi connectivity index (χ3v) is 3.99. The Morgan fingerprint density at radius 1 is 1.08 bits per heavy atom. The van der Waals surface area contributed by atoms with Crippen molar-refractivity contribution >= 4 is 11.6 Å². The van der Waals surface area contributed by atoms with Gasteiger partial charge in [0.25, 0.3) is 0 Å². The molecule has 128 valence electrons. The standard InChI is InChI=1S/C19H25FN4/c1-15(24(3)18-7-5-4-6-8-18)13-22-19(21-2)23-14-16-9-11-17(20)12-10-16/h4-12,15H,13-14H2,1-3H3,(H2,21,22,23). The Hall–Kier alpha value is -2.56. The van der Waals surface area contributed by atoms with Gasteiger partial charge in [-0.1, -0.05) is 30.3 Å². The topological polar surface area (TPSA) is 39.7 Å². The van der Waals surface area contributed by atoms with Crippen LogP contribution in [0.2, 0.25) is 0 Å². The SMILES string of the molecule is CN=C(NCc1ccc(F)cc1)NCC(C)N(C)c1ccccc1. The van der Waals surface area contributed by atoms with Gasteiger partial charge in [0.2, 0.25) is 0 Å². The molecule has 0 aliphatic carbocycles. The lowest BCUT2D eigenvalue weighted by atomic mass is 10.2. The van der Waals surface area contributed by atoms with Gasteiger partial charge in [0.15, 0.2) is 5.96 Å². The van der Waals surface area contributed by atoms with Crippen LogP contribution in [0.3, 0.4) is 0 Å². The number of nitrogens with one attached hydrogen (secondary N) is 2. The predicted octanol–water partition coefficient (Wildman–Crippen LogP) is 3.02. The molecule has 0 saturated carbocycles. The minimum absolute atomic E-state index is 0.223. The number of nitrogens with zero attached hydrogens (tertiary/aromatic N) is 2. The Bertz CT molecular complexity index is 640. The van der Waals surface area contributed by atoms with E-state index in [1.807, 2.05) is 18.2 Å². The second-order valence-corrected chi connectivity index (χ2v) is 5.73. The molecule has 0 spiro atoms. The lowest BCUT2D eigenvalue weighted by molar-refractivity contribution is 0.626. The summed E-state index contributed by atoms with van der Waals surface area (Å²) in [5, 5.41) is 6.56. The van der Waals surface area contributed by atoms with Crippen LogP contribution in [0.25, 0.3) is 0 Å². The van der Waals surface area contributed by atoms with Crippen LogP contribution in [0.4, 0.5) is 10.1 Å². The van der Waals surface area contributed by atoms with Gasteiger partial charge >= 0.3 is 0 Å². The number of hydrogen-bond acceptors (Lipinski definition) is 2. The monoisotopic (exact) mass is 328 g/mol. The van der Waals surface area contributed by atoms with Gasteiger partial charge in [0.05, 0.1) is 0 Å². The normalized spacial score (nSPS) is 12.6. The number of aliphatic imine (C=N–C) groups is 1. The largest absolute Gasteiger partial charge is 0.370 e. The number of hydrogen-bond donors (Lipinski definition) is 2. The van der Waals surface area contributed by atoms with E-state index < -0.39 is 0 Å². The highest BCUT2D eigenvalue weighted by molar-refractivity contribution is 5.79. The molecule has 1 unspecified atom stereocenters. The van der Waals surface area contributed by atoms with Crippen LogP contribution in [-0.4, -0.2) is 32.6 Å². The summed E-state index contributed by atoms with van der Waals surface area (Å²) in [6.07, 6.45) is 0. The maximum Gasteiger partial charge on any atom is 0.191 e. The molecule has 2 aromatic carbocycles. The summed E-state index contributed by atoms with van der Waals surface area (Å²) in [5.74, 6) is 0.506. The molecule has 1 atom stereocenters. The molecule has 0 saturated heterocycles. The van der Waals surface area contributed by atoms with Gasteiger partial charge < -0.3 is 15.5 Å². The van der Waals surface area contributed by atoms with Crippen molar-refractivity contribution in [2.45, 2.75) is 19.5 Å². The van der Waals surface area contributed by atoms with Crippen molar-refractivity contribution in [1.82, 2.24) is 10.6 Å². The van der Waals surface area contributed by atoms with Crippen molar-refractivity contribution in [3.05, 3.63) is 66.0 Å². The highest BCUT2D eigenvalue weighted by Crippen LogP contribution is 2.13. The maximum atomic E-state index is 12.9. The molecular formula is C19H25FN4. The fourth-order valence-corrected chi connectivity index (χ4v) is 2.31. The zero-order valence-corrected chi connectivity index (χ0v) is 14.5. The smallest absolute Gasteiger partial charge is 0.191 e. The molecule has 0 aromatic heterocycles. The van der Waals surface area contributed by atoms with Crippen LogP contribution in [0.5, 0.6) is 0 Å². The number of halogens is 1. The molecule has 5 heteroatoms. The van der Waals surface area contributed by atoms with Gasteiger partial charge in [-0.2, -0.15) is 0 Å². The Morgan fingerprint density at radius 3 is 2.38 bits per heavy atom. The maximum absolute atomic E-state index is 12.9. The van der Waals surface area contributed by atoms with Crippen LogP contribution < -0.4 is 15.5 Å². The predicted molar refractivity (Wildman–Crippen MR) is 98.9 cm³/mol. The molecule has 0 bridgehead atoms. The zero-order valence-electron chi connectivity index (χ0n) is 14.5. The Labute approximate surface area is 143 Å². The third kappa shape index (κ3) is 5.26. The average Bonchev–Trinajstić information content (AvgIpc) is 2.63. The first-order valence-electron chi connectivity index (χ1n) is 8.07. The summed E-state index contributed by atoms with van der Waals surface area (Å²) in [6.45, 7) is 3.52. The number of anilines is 1. The molecule has 0 heterocycles. The van der Waals surface area contributed by atoms with Crippen LogP contribution in [0.15, 0.2) is 59.6 Å². The van der Waals surface area contributed by atoms with E-state index in [1.54, 1.807) is 19.2 Å². The van der Waals surface area contributed by atoms with Crippen molar-refractivity contribution in [2.75, 3.05) is 25.5 Å². The van der Waals surface area contributed by atoms with E-state index in [0.717, 1.165) is 18.1 Å². The second kappa shape index (κ2) is 8.91. The molecule has 0 aliphatic heterocycles. The van der Waals surface area contributed by atoms with Crippen molar-refractivity contribution in [3.8, 4) is 0 Å². The van der Waals surface area contributed by atoms with Crippen LogP contribution in [0.1, 0.15) is 12.5 Å². The van der Waals surface area contributed by atoms with Crippen molar-refractivity contribution in [2.24, 2.45) is 4.99 Å². The second-order valence-electron chi connectivity index (χ2n) is 5.73. The molecule has 0 radical (unpaired) electrons. The third-order valence-electron chi connectivity index (χ3n) is 3.99. The van der Waals surface area contributed by atoms with E-state index in [0.29, 0.717) is 12.6 Å². The zero-order chi connectivity index (χ0) is 17.4. The van der Waals surface area contributed by atoms with Gasteiger partial charge in [-0.3, -0.25) is 4.99 Å². The minimum atomic E-state index is -0.223. The molecule has 2 aromatic rings. The summed E-state index contributed by atoms with van der Waals surface area (Å²) >= 11 is 0. The number of guanidine groups is 1. The number of para-hydroxylation sites is 1. The molecular weight excluding hydrogens is 303 g/mol. The van der Waals surface area contributed by atoms with E-state index in [-0.39, 0.29) is 5.82 Å². The number of rotatable bonds is 6. The molecule has 24 heavy (non-hydrogen) atoms. The fraction of sp³-hybridized carbons (Fsp3) is 0.316. The fourth-order valence-electron chi connectivity index (χ4n) is 2.31. The number of benzene rings is 2. The van der Waals surface area contributed by atoms with Crippen LogP contribution >= 0.6 is 0 Å². The average molecular weight is 328 g/mol. The molecule has 4 nitrogen and oxygen atoms in total. The number of likely N-dealkylation sites (N-methyl/N-ethyl adjacent to an activating group) is 1.